The van der Waals surface area contributed by atoms with Gasteiger partial charge >= 0.3 is 0 Å². The summed E-state index contributed by atoms with van der Waals surface area (Å²) in [4.78, 5) is 12.1. The molecule has 0 atom stereocenters. The average Bonchev–Trinajstić information content (AvgIpc) is 2.55. The average molecular weight is 432 g/mol. The lowest BCUT2D eigenvalue weighted by atomic mass is 10.2. The number of ether oxygens (including phenoxy) is 2. The zero-order valence-corrected chi connectivity index (χ0v) is 15.9. The first-order valence-electron chi connectivity index (χ1n) is 6.66. The molecule has 1 amide bonds. The summed E-state index contributed by atoms with van der Waals surface area (Å²) in [7, 11) is 3.09. The molecule has 2 aromatic carbocycles. The molecule has 2 aromatic rings. The van der Waals surface area contributed by atoms with E-state index in [0.29, 0.717) is 22.1 Å². The van der Waals surface area contributed by atoms with Gasteiger partial charge in [0.15, 0.2) is 0 Å². The molecule has 24 heavy (non-hydrogen) atoms. The van der Waals surface area contributed by atoms with E-state index in [1.807, 2.05) is 0 Å². The highest BCUT2D eigenvalue weighted by Gasteiger charge is 2.11. The molecule has 0 saturated heterocycles. The van der Waals surface area contributed by atoms with Gasteiger partial charge in [-0.25, -0.2) is 5.43 Å². The fourth-order valence-electron chi connectivity index (χ4n) is 1.88. The maximum Gasteiger partial charge on any atom is 0.272 e. The summed E-state index contributed by atoms with van der Waals surface area (Å²) in [5, 5.41) is 4.63. The molecule has 0 aliphatic heterocycles. The van der Waals surface area contributed by atoms with Crippen LogP contribution in [0.5, 0.6) is 11.5 Å². The zero-order valence-electron chi connectivity index (χ0n) is 12.8. The normalized spacial score (nSPS) is 10.7. The monoisotopic (exact) mass is 430 g/mol. The van der Waals surface area contributed by atoms with Crippen LogP contribution in [0.25, 0.3) is 0 Å². The van der Waals surface area contributed by atoms with Crippen LogP contribution in [0.2, 0.25) is 10.0 Å². The number of carbonyl (C=O) groups excluding carboxylic acids is 1. The third-order valence-corrected chi connectivity index (χ3v) is 4.22. The number of benzene rings is 2. The second-order valence-electron chi connectivity index (χ2n) is 4.55. The van der Waals surface area contributed by atoms with Gasteiger partial charge in [0.25, 0.3) is 5.91 Å². The Hall–Kier alpha value is -1.76. The van der Waals surface area contributed by atoms with Gasteiger partial charge in [-0.2, -0.15) is 5.10 Å². The van der Waals surface area contributed by atoms with Crippen LogP contribution in [0.4, 0.5) is 0 Å². The van der Waals surface area contributed by atoms with Gasteiger partial charge < -0.3 is 9.47 Å². The minimum absolute atomic E-state index is 0.250. The van der Waals surface area contributed by atoms with Crippen LogP contribution in [0, 0.1) is 0 Å². The molecule has 0 bridgehead atoms. The Bertz CT molecular complexity index is 797. The van der Waals surface area contributed by atoms with Crippen molar-refractivity contribution in [2.45, 2.75) is 0 Å². The quantitative estimate of drug-likeness (QED) is 0.558. The van der Waals surface area contributed by atoms with Crippen LogP contribution < -0.4 is 14.9 Å². The molecule has 0 spiro atoms. The number of carbonyl (C=O) groups is 1. The number of nitrogens with zero attached hydrogens (tertiary/aromatic N) is 1. The zero-order chi connectivity index (χ0) is 17.7. The lowest BCUT2D eigenvalue weighted by Crippen LogP contribution is -2.18. The molecule has 0 unspecified atom stereocenters. The first-order valence-corrected chi connectivity index (χ1v) is 8.21. The lowest BCUT2D eigenvalue weighted by molar-refractivity contribution is 0.0955. The summed E-state index contributed by atoms with van der Waals surface area (Å²) in [5.74, 6) is 0.734. The molecule has 0 aliphatic rings. The Morgan fingerprint density at radius 1 is 1.17 bits per heavy atom. The van der Waals surface area contributed by atoms with E-state index in [0.717, 1.165) is 4.47 Å². The van der Waals surface area contributed by atoms with Gasteiger partial charge in [0.1, 0.15) is 11.5 Å². The molecule has 0 radical (unpaired) electrons. The number of hydrogen-bond donors (Lipinski definition) is 1. The van der Waals surface area contributed by atoms with Gasteiger partial charge in [-0.15, -0.1) is 0 Å². The Morgan fingerprint density at radius 2 is 1.88 bits per heavy atom. The van der Waals surface area contributed by atoms with E-state index < -0.39 is 5.91 Å². The smallest absolute Gasteiger partial charge is 0.272 e. The predicted molar refractivity (Wildman–Crippen MR) is 98.8 cm³/mol. The molecule has 5 nitrogen and oxygen atoms in total. The molecule has 0 aromatic heterocycles. The molecule has 0 aliphatic carbocycles. The summed E-state index contributed by atoms with van der Waals surface area (Å²) >= 11 is 15.2. The molecular formula is C16H13BrCl2N2O3. The molecule has 0 heterocycles. The number of rotatable bonds is 5. The Kier molecular flexibility index (Phi) is 6.48. The summed E-state index contributed by atoms with van der Waals surface area (Å²) in [6.07, 6.45) is 1.46. The molecule has 0 fully saturated rings. The number of nitrogens with one attached hydrogen (secondary N) is 1. The topological polar surface area (TPSA) is 59.9 Å². The number of methoxy groups -OCH3 is 2. The number of hydrazone groups is 1. The molecule has 1 N–H and O–H groups in total. The van der Waals surface area contributed by atoms with Crippen LogP contribution in [0.3, 0.4) is 0 Å². The van der Waals surface area contributed by atoms with Gasteiger partial charge in [-0.05, 0) is 40.2 Å². The van der Waals surface area contributed by atoms with Gasteiger partial charge in [0.05, 0.1) is 35.5 Å². The standard InChI is InChI=1S/C16H13BrCl2N2O3/c1-23-14-7-15(24-2)12(17)5-9(14)8-20-21-16(22)11-4-3-10(18)6-13(11)19/h3-8H,1-2H3,(H,21,22)/b20-8-. The first-order chi connectivity index (χ1) is 11.5. The lowest BCUT2D eigenvalue weighted by Gasteiger charge is -2.09. The van der Waals surface area contributed by atoms with Crippen molar-refractivity contribution in [2.24, 2.45) is 5.10 Å². The minimum Gasteiger partial charge on any atom is -0.496 e. The molecular weight excluding hydrogens is 419 g/mol. The number of amides is 1. The van der Waals surface area contributed by atoms with Crippen molar-refractivity contribution in [3.63, 3.8) is 0 Å². The van der Waals surface area contributed by atoms with E-state index in [1.165, 1.54) is 25.5 Å². The molecule has 0 saturated carbocycles. The SMILES string of the molecule is COc1cc(OC)c(/C=N\NC(=O)c2ccc(Cl)cc2Cl)cc1Br. The van der Waals surface area contributed by atoms with Crippen LogP contribution >= 0.6 is 39.1 Å². The van der Waals surface area contributed by atoms with E-state index in [2.05, 4.69) is 26.5 Å². The van der Waals surface area contributed by atoms with Crippen molar-refractivity contribution in [3.8, 4) is 11.5 Å². The summed E-state index contributed by atoms with van der Waals surface area (Å²) < 4.78 is 11.2. The van der Waals surface area contributed by atoms with Crippen LogP contribution in [-0.2, 0) is 0 Å². The second kappa shape index (κ2) is 8.37. The Morgan fingerprint density at radius 3 is 2.50 bits per heavy atom. The fourth-order valence-corrected chi connectivity index (χ4v) is 2.90. The van der Waals surface area contributed by atoms with E-state index in [4.69, 9.17) is 32.7 Å². The van der Waals surface area contributed by atoms with Crippen molar-refractivity contribution < 1.29 is 14.3 Å². The number of halogens is 3. The Labute approximate surface area is 157 Å². The second-order valence-corrected chi connectivity index (χ2v) is 6.25. The van der Waals surface area contributed by atoms with Crippen LogP contribution in [0.15, 0.2) is 39.9 Å². The predicted octanol–water partition coefficient (Wildman–Crippen LogP) is 4.54. The van der Waals surface area contributed by atoms with Crippen LogP contribution in [0.1, 0.15) is 15.9 Å². The minimum atomic E-state index is -0.445. The van der Waals surface area contributed by atoms with Crippen molar-refractivity contribution in [2.75, 3.05) is 14.2 Å². The van der Waals surface area contributed by atoms with E-state index in [1.54, 1.807) is 25.3 Å². The highest BCUT2D eigenvalue weighted by Crippen LogP contribution is 2.31. The summed E-state index contributed by atoms with van der Waals surface area (Å²) in [5.41, 5.74) is 3.35. The molecule has 2 rings (SSSR count). The van der Waals surface area contributed by atoms with Crippen molar-refractivity contribution in [1.82, 2.24) is 5.43 Å². The van der Waals surface area contributed by atoms with Crippen molar-refractivity contribution in [3.05, 3.63) is 56.0 Å². The molecule has 126 valence electrons. The van der Waals surface area contributed by atoms with Gasteiger partial charge in [-0.1, -0.05) is 23.2 Å². The van der Waals surface area contributed by atoms with Crippen molar-refractivity contribution >= 4 is 51.3 Å². The summed E-state index contributed by atoms with van der Waals surface area (Å²) in [6, 6.07) is 8.08. The van der Waals surface area contributed by atoms with E-state index >= 15 is 0 Å². The van der Waals surface area contributed by atoms with E-state index in [-0.39, 0.29) is 10.6 Å². The van der Waals surface area contributed by atoms with Gasteiger partial charge in [0, 0.05) is 16.7 Å². The highest BCUT2D eigenvalue weighted by molar-refractivity contribution is 9.10. The third kappa shape index (κ3) is 4.41. The van der Waals surface area contributed by atoms with Gasteiger partial charge in [-0.3, -0.25) is 4.79 Å². The van der Waals surface area contributed by atoms with Crippen LogP contribution in [-0.4, -0.2) is 26.3 Å². The Balaban J connectivity index is 2.16. The number of hydrogen-bond acceptors (Lipinski definition) is 4. The highest BCUT2D eigenvalue weighted by atomic mass is 79.9. The first kappa shape index (κ1) is 18.6. The van der Waals surface area contributed by atoms with Gasteiger partial charge in [0.2, 0.25) is 0 Å². The summed E-state index contributed by atoms with van der Waals surface area (Å²) in [6.45, 7) is 0. The third-order valence-electron chi connectivity index (χ3n) is 3.05. The maximum absolute atomic E-state index is 12.1. The largest absolute Gasteiger partial charge is 0.496 e. The maximum atomic E-state index is 12.1. The van der Waals surface area contributed by atoms with E-state index in [9.17, 15) is 4.79 Å². The fraction of sp³-hybridized carbons (Fsp3) is 0.125. The van der Waals surface area contributed by atoms with Crippen molar-refractivity contribution in [1.29, 1.82) is 0 Å². The molecule has 8 heteroatoms.